The van der Waals surface area contributed by atoms with Crippen LogP contribution in [-0.4, -0.2) is 12.2 Å². The fourth-order valence-electron chi connectivity index (χ4n) is 0.733. The quantitative estimate of drug-likeness (QED) is 0.385. The summed E-state index contributed by atoms with van der Waals surface area (Å²) in [6.45, 7) is 9.25. The lowest BCUT2D eigenvalue weighted by molar-refractivity contribution is 0.166. The van der Waals surface area contributed by atoms with Gasteiger partial charge in [0.15, 0.2) is 6.71 Å². The van der Waals surface area contributed by atoms with Crippen LogP contribution in [0.2, 0.25) is 13.6 Å². The Morgan fingerprint density at radius 2 is 2.10 bits per heavy atom. The fourth-order valence-corrected chi connectivity index (χ4v) is 1.00. The van der Waals surface area contributed by atoms with Gasteiger partial charge < -0.3 is 0 Å². The molecule has 2 atom stereocenters. The van der Waals surface area contributed by atoms with Crippen molar-refractivity contribution in [1.82, 2.24) is 5.48 Å². The molecule has 0 fully saturated rings. The van der Waals surface area contributed by atoms with Crippen molar-refractivity contribution in [3.8, 4) is 0 Å². The number of hydrogen-bond donors (Lipinski definition) is 1. The molecule has 0 amide bonds. The van der Waals surface area contributed by atoms with E-state index in [2.05, 4.69) is 42.4 Å². The van der Waals surface area contributed by atoms with E-state index in [0.29, 0.717) is 6.71 Å². The van der Waals surface area contributed by atoms with Crippen molar-refractivity contribution in [3.05, 3.63) is 0 Å². The highest BCUT2D eigenvalue weighted by Crippen LogP contribution is 2.13. The summed E-state index contributed by atoms with van der Waals surface area (Å²) in [7, 11) is 2.21. The predicted molar refractivity (Wildman–Crippen MR) is 50.1 cm³/mol. The number of hydrogen-bond acceptors (Lipinski definition) is 2. The van der Waals surface area contributed by atoms with E-state index in [1.807, 2.05) is 0 Å². The molecule has 0 bridgehead atoms. The molecule has 0 aliphatic rings. The van der Waals surface area contributed by atoms with Gasteiger partial charge in [0, 0.05) is 14.9 Å². The molecule has 0 aliphatic carbocycles. The van der Waals surface area contributed by atoms with E-state index in [1.54, 1.807) is 0 Å². The minimum Gasteiger partial charge on any atom is -0.287 e. The molecule has 0 saturated carbocycles. The van der Waals surface area contributed by atoms with Crippen LogP contribution in [-0.2, 0) is 4.62 Å². The predicted octanol–water partition coefficient (Wildman–Crippen LogP) is 1.76. The van der Waals surface area contributed by atoms with Crippen LogP contribution >= 0.6 is 9.47 Å². The average Bonchev–Trinajstić information content (AvgIpc) is 1.88. The van der Waals surface area contributed by atoms with Crippen LogP contribution in [0.1, 0.15) is 20.3 Å². The summed E-state index contributed by atoms with van der Waals surface area (Å²) in [5.74, 6) is 0. The van der Waals surface area contributed by atoms with Crippen LogP contribution < -0.4 is 5.48 Å². The topological polar surface area (TPSA) is 21.3 Å². The Balaban J connectivity index is 3.94. The third-order valence-corrected chi connectivity index (χ3v) is 2.42. The van der Waals surface area contributed by atoms with Crippen molar-refractivity contribution in [2.24, 2.45) is 0 Å². The lowest BCUT2D eigenvalue weighted by Crippen LogP contribution is -2.50. The monoisotopic (exact) mass is 161 g/mol. The minimum absolute atomic E-state index is 0.0990. The van der Waals surface area contributed by atoms with Gasteiger partial charge in [-0.05, 0) is 6.42 Å². The van der Waals surface area contributed by atoms with Gasteiger partial charge in [0.2, 0.25) is 0 Å². The first-order chi connectivity index (χ1) is 4.56. The summed E-state index contributed by atoms with van der Waals surface area (Å²) < 4.78 is 4.83. The Labute approximate surface area is 66.4 Å². The van der Waals surface area contributed by atoms with E-state index >= 15 is 0 Å². The zero-order valence-electron chi connectivity index (χ0n) is 7.27. The van der Waals surface area contributed by atoms with Gasteiger partial charge in [-0.2, -0.15) is 0 Å². The van der Waals surface area contributed by atoms with E-state index in [1.165, 1.54) is 0 Å². The third kappa shape index (κ3) is 2.57. The highest BCUT2D eigenvalue weighted by molar-refractivity contribution is 7.09. The van der Waals surface area contributed by atoms with Crippen LogP contribution in [0.25, 0.3) is 0 Å². The van der Waals surface area contributed by atoms with Crippen LogP contribution in [0.4, 0.5) is 0 Å². The van der Waals surface area contributed by atoms with Crippen molar-refractivity contribution in [2.45, 2.75) is 39.4 Å². The summed E-state index contributed by atoms with van der Waals surface area (Å²) in [5, 5.41) is 0. The largest absolute Gasteiger partial charge is 0.287 e. The molecule has 2 unspecified atom stereocenters. The molecule has 10 heavy (non-hydrogen) atoms. The second kappa shape index (κ2) is 4.33. The third-order valence-electron chi connectivity index (χ3n) is 2.30. The molecule has 2 nitrogen and oxygen atoms in total. The van der Waals surface area contributed by atoms with Gasteiger partial charge in [0.1, 0.15) is 0 Å². The summed E-state index contributed by atoms with van der Waals surface area (Å²) >= 11 is 0. The smallest absolute Gasteiger partial charge is 0.160 e. The Kier molecular flexibility index (Phi) is 4.50. The molecule has 0 rings (SSSR count). The van der Waals surface area contributed by atoms with Crippen LogP contribution in [0.3, 0.4) is 0 Å². The maximum absolute atomic E-state index is 4.83. The maximum Gasteiger partial charge on any atom is 0.160 e. The molecule has 0 saturated heterocycles. The molecule has 1 N–H and O–H groups in total. The lowest BCUT2D eigenvalue weighted by atomic mass is 9.40. The van der Waals surface area contributed by atoms with Crippen molar-refractivity contribution in [3.63, 3.8) is 0 Å². The molecular formula is C6H17BNOP. The van der Waals surface area contributed by atoms with E-state index in [0.717, 1.165) is 6.42 Å². The second-order valence-corrected chi connectivity index (χ2v) is 3.38. The van der Waals surface area contributed by atoms with Crippen molar-refractivity contribution in [2.75, 3.05) is 0 Å². The van der Waals surface area contributed by atoms with Gasteiger partial charge in [-0.15, -0.1) is 0 Å². The van der Waals surface area contributed by atoms with Crippen molar-refractivity contribution >= 4 is 16.2 Å². The Morgan fingerprint density at radius 1 is 1.60 bits per heavy atom. The van der Waals surface area contributed by atoms with Gasteiger partial charge in [-0.3, -0.25) is 4.62 Å². The molecule has 0 aromatic rings. The SMILES string of the molecule is CCC(C)(NOP)B(C)C. The molecule has 0 aliphatic heterocycles. The highest BCUT2D eigenvalue weighted by atomic mass is 31.0. The number of rotatable bonds is 4. The van der Waals surface area contributed by atoms with E-state index in [9.17, 15) is 0 Å². The molecule has 60 valence electrons. The van der Waals surface area contributed by atoms with Gasteiger partial charge in [-0.1, -0.05) is 27.5 Å². The molecule has 4 heteroatoms. The molecule has 0 aromatic heterocycles. The van der Waals surface area contributed by atoms with Crippen molar-refractivity contribution < 1.29 is 4.62 Å². The Morgan fingerprint density at radius 3 is 2.20 bits per heavy atom. The fraction of sp³-hybridized carbons (Fsp3) is 1.00. The zero-order chi connectivity index (χ0) is 8.20. The maximum atomic E-state index is 4.83. The van der Waals surface area contributed by atoms with Gasteiger partial charge in [0.05, 0.1) is 0 Å². The van der Waals surface area contributed by atoms with Crippen molar-refractivity contribution in [1.29, 1.82) is 0 Å². The molecular weight excluding hydrogens is 144 g/mol. The van der Waals surface area contributed by atoms with Gasteiger partial charge >= 0.3 is 0 Å². The summed E-state index contributed by atoms with van der Waals surface area (Å²) in [5.41, 5.74) is 3.07. The first-order valence-corrected chi connectivity index (χ1v) is 4.17. The molecule has 0 radical (unpaired) electrons. The molecule has 0 aromatic carbocycles. The standard InChI is InChI=1S/C6H17BNOP/c1-5-6(2,7(3)4)8-9-10/h8H,5,10H2,1-4H3. The highest BCUT2D eigenvalue weighted by Gasteiger charge is 2.27. The normalized spacial score (nSPS) is 16.5. The first kappa shape index (κ1) is 10.4. The lowest BCUT2D eigenvalue weighted by Gasteiger charge is -2.30. The van der Waals surface area contributed by atoms with Crippen LogP contribution in [0.15, 0.2) is 0 Å². The van der Waals surface area contributed by atoms with Gasteiger partial charge in [0.25, 0.3) is 0 Å². The Hall–Kier alpha value is 0.415. The molecule has 0 spiro atoms. The first-order valence-electron chi connectivity index (χ1n) is 3.69. The second-order valence-electron chi connectivity index (χ2n) is 3.15. The van der Waals surface area contributed by atoms with E-state index in [4.69, 9.17) is 4.62 Å². The molecule has 0 heterocycles. The summed E-state index contributed by atoms with van der Waals surface area (Å²) in [4.78, 5) is 0. The van der Waals surface area contributed by atoms with E-state index < -0.39 is 0 Å². The van der Waals surface area contributed by atoms with Crippen LogP contribution in [0, 0.1) is 0 Å². The zero-order valence-corrected chi connectivity index (χ0v) is 8.42. The summed E-state index contributed by atoms with van der Waals surface area (Å²) in [6.07, 6.45) is 1.07. The Bertz CT molecular complexity index is 102. The minimum atomic E-state index is 0.0990. The number of nitrogens with one attached hydrogen (secondary N) is 1. The van der Waals surface area contributed by atoms with Crippen LogP contribution in [0.5, 0.6) is 0 Å². The summed E-state index contributed by atoms with van der Waals surface area (Å²) in [6, 6.07) is 0. The average molecular weight is 161 g/mol. The van der Waals surface area contributed by atoms with Gasteiger partial charge in [-0.25, -0.2) is 5.48 Å². The van der Waals surface area contributed by atoms with E-state index in [-0.39, 0.29) is 5.44 Å². The number of hydroxylamine groups is 1.